The molecule has 1 N–H and O–H groups in total. The Balaban J connectivity index is 2.58. The Morgan fingerprint density at radius 2 is 1.82 bits per heavy atom. The summed E-state index contributed by atoms with van der Waals surface area (Å²) in [6.45, 7) is 0. The summed E-state index contributed by atoms with van der Waals surface area (Å²) in [5.41, 5.74) is 0.716. The van der Waals surface area contributed by atoms with Gasteiger partial charge in [0.05, 0.1) is 10.6 Å². The second-order valence-electron chi connectivity index (χ2n) is 3.48. The highest BCUT2D eigenvalue weighted by molar-refractivity contribution is 6.33. The van der Waals surface area contributed by atoms with Crippen LogP contribution in [-0.2, 0) is 0 Å². The highest BCUT2D eigenvalue weighted by Gasteiger charge is 2.14. The lowest BCUT2D eigenvalue weighted by molar-refractivity contribution is 0.0696. The molecule has 86 valence electrons. The third kappa shape index (κ3) is 2.29. The fourth-order valence-electron chi connectivity index (χ4n) is 1.55. The van der Waals surface area contributed by atoms with Gasteiger partial charge in [-0.15, -0.1) is 0 Å². The summed E-state index contributed by atoms with van der Waals surface area (Å²) in [7, 11) is 0. The van der Waals surface area contributed by atoms with Crippen LogP contribution >= 0.6 is 11.6 Å². The number of hydrogen-bond acceptors (Lipinski definition) is 1. The van der Waals surface area contributed by atoms with E-state index in [9.17, 15) is 9.18 Å². The van der Waals surface area contributed by atoms with Gasteiger partial charge in [0.2, 0.25) is 0 Å². The molecule has 0 bridgehead atoms. The van der Waals surface area contributed by atoms with Crippen molar-refractivity contribution in [2.45, 2.75) is 0 Å². The summed E-state index contributed by atoms with van der Waals surface area (Å²) < 4.78 is 13.8. The molecule has 0 unspecified atom stereocenters. The Hall–Kier alpha value is -1.87. The number of carboxylic acid groups (broad SMARTS) is 1. The summed E-state index contributed by atoms with van der Waals surface area (Å²) in [6, 6.07) is 11.1. The van der Waals surface area contributed by atoms with E-state index in [4.69, 9.17) is 16.7 Å². The van der Waals surface area contributed by atoms with Crippen LogP contribution < -0.4 is 0 Å². The summed E-state index contributed by atoms with van der Waals surface area (Å²) in [5, 5.41) is 8.83. The SMILES string of the molecule is O=C(O)c1cc(F)c(-c2ccccc2)cc1Cl. The summed E-state index contributed by atoms with van der Waals surface area (Å²) in [4.78, 5) is 10.8. The van der Waals surface area contributed by atoms with Crippen molar-refractivity contribution in [3.63, 3.8) is 0 Å². The van der Waals surface area contributed by atoms with E-state index in [2.05, 4.69) is 0 Å². The van der Waals surface area contributed by atoms with E-state index in [0.717, 1.165) is 6.07 Å². The zero-order chi connectivity index (χ0) is 12.4. The third-order valence-electron chi connectivity index (χ3n) is 2.37. The standard InChI is InChI=1S/C13H8ClFO2/c14-11-6-9(8-4-2-1-3-5-8)12(15)7-10(11)13(16)17/h1-7H,(H,16,17). The van der Waals surface area contributed by atoms with Crippen molar-refractivity contribution in [3.05, 3.63) is 58.9 Å². The Kier molecular flexibility index (Phi) is 3.11. The van der Waals surface area contributed by atoms with Gasteiger partial charge in [0.25, 0.3) is 0 Å². The van der Waals surface area contributed by atoms with Crippen molar-refractivity contribution in [2.24, 2.45) is 0 Å². The summed E-state index contributed by atoms with van der Waals surface area (Å²) >= 11 is 5.80. The van der Waals surface area contributed by atoms with Crippen LogP contribution in [0.2, 0.25) is 5.02 Å². The van der Waals surface area contributed by atoms with Gasteiger partial charge in [-0.3, -0.25) is 0 Å². The maximum atomic E-state index is 13.8. The quantitative estimate of drug-likeness (QED) is 0.879. The van der Waals surface area contributed by atoms with Crippen LogP contribution in [0.15, 0.2) is 42.5 Å². The van der Waals surface area contributed by atoms with Crippen LogP contribution in [0.4, 0.5) is 4.39 Å². The highest BCUT2D eigenvalue weighted by atomic mass is 35.5. The van der Waals surface area contributed by atoms with Crippen LogP contribution in [-0.4, -0.2) is 11.1 Å². The lowest BCUT2D eigenvalue weighted by atomic mass is 10.0. The fraction of sp³-hybridized carbons (Fsp3) is 0. The van der Waals surface area contributed by atoms with Gasteiger partial charge in [0.1, 0.15) is 5.82 Å². The third-order valence-corrected chi connectivity index (χ3v) is 2.68. The molecule has 0 fully saturated rings. The first-order chi connectivity index (χ1) is 8.09. The molecular weight excluding hydrogens is 243 g/mol. The molecule has 0 aliphatic rings. The van der Waals surface area contributed by atoms with E-state index in [-0.39, 0.29) is 10.6 Å². The normalized spacial score (nSPS) is 10.2. The molecule has 0 saturated carbocycles. The average molecular weight is 251 g/mol. The largest absolute Gasteiger partial charge is 0.478 e. The lowest BCUT2D eigenvalue weighted by Gasteiger charge is -2.06. The highest BCUT2D eigenvalue weighted by Crippen LogP contribution is 2.28. The minimum absolute atomic E-state index is 0.0257. The second kappa shape index (κ2) is 4.55. The maximum absolute atomic E-state index is 13.8. The number of halogens is 2. The van der Waals surface area contributed by atoms with E-state index in [1.807, 2.05) is 6.07 Å². The van der Waals surface area contributed by atoms with Crippen molar-refractivity contribution >= 4 is 17.6 Å². The molecule has 0 aliphatic carbocycles. The van der Waals surface area contributed by atoms with Crippen molar-refractivity contribution in [1.29, 1.82) is 0 Å². The van der Waals surface area contributed by atoms with Gasteiger partial charge in [0.15, 0.2) is 0 Å². The van der Waals surface area contributed by atoms with Crippen LogP contribution in [0, 0.1) is 5.82 Å². The molecule has 0 amide bonds. The van der Waals surface area contributed by atoms with Crippen LogP contribution in [0.1, 0.15) is 10.4 Å². The molecule has 4 heteroatoms. The van der Waals surface area contributed by atoms with E-state index < -0.39 is 11.8 Å². The van der Waals surface area contributed by atoms with E-state index in [0.29, 0.717) is 11.1 Å². The molecular formula is C13H8ClFO2. The molecule has 0 aromatic heterocycles. The smallest absolute Gasteiger partial charge is 0.337 e. The number of aromatic carboxylic acids is 1. The molecule has 0 radical (unpaired) electrons. The van der Waals surface area contributed by atoms with Gasteiger partial charge in [-0.25, -0.2) is 9.18 Å². The predicted octanol–water partition coefficient (Wildman–Crippen LogP) is 3.84. The predicted molar refractivity (Wildman–Crippen MR) is 63.8 cm³/mol. The number of rotatable bonds is 2. The zero-order valence-electron chi connectivity index (χ0n) is 8.65. The first-order valence-corrected chi connectivity index (χ1v) is 5.25. The number of hydrogen-bond donors (Lipinski definition) is 1. The van der Waals surface area contributed by atoms with Crippen molar-refractivity contribution in [3.8, 4) is 11.1 Å². The molecule has 0 spiro atoms. The minimum Gasteiger partial charge on any atom is -0.478 e. The Bertz CT molecular complexity index is 567. The van der Waals surface area contributed by atoms with Crippen molar-refractivity contribution in [2.75, 3.05) is 0 Å². The molecule has 2 aromatic carbocycles. The Labute approximate surface area is 102 Å². The molecule has 0 heterocycles. The molecule has 0 aliphatic heterocycles. The molecule has 0 saturated heterocycles. The van der Waals surface area contributed by atoms with E-state index in [1.165, 1.54) is 6.07 Å². The number of carbonyl (C=O) groups is 1. The number of carboxylic acids is 1. The molecule has 2 aromatic rings. The molecule has 17 heavy (non-hydrogen) atoms. The summed E-state index contributed by atoms with van der Waals surface area (Å²) in [5.74, 6) is -1.84. The monoisotopic (exact) mass is 250 g/mol. The topological polar surface area (TPSA) is 37.3 Å². The summed E-state index contributed by atoms with van der Waals surface area (Å²) in [6.07, 6.45) is 0. The van der Waals surface area contributed by atoms with Gasteiger partial charge in [-0.1, -0.05) is 41.9 Å². The zero-order valence-corrected chi connectivity index (χ0v) is 9.41. The lowest BCUT2D eigenvalue weighted by Crippen LogP contribution is -1.99. The maximum Gasteiger partial charge on any atom is 0.337 e. The first kappa shape index (κ1) is 11.6. The Morgan fingerprint density at radius 1 is 1.18 bits per heavy atom. The van der Waals surface area contributed by atoms with Crippen LogP contribution in [0.3, 0.4) is 0 Å². The van der Waals surface area contributed by atoms with Gasteiger partial charge in [0, 0.05) is 5.56 Å². The van der Waals surface area contributed by atoms with Gasteiger partial charge < -0.3 is 5.11 Å². The van der Waals surface area contributed by atoms with E-state index >= 15 is 0 Å². The molecule has 2 rings (SSSR count). The fourth-order valence-corrected chi connectivity index (χ4v) is 1.79. The molecule has 2 nitrogen and oxygen atoms in total. The van der Waals surface area contributed by atoms with E-state index in [1.54, 1.807) is 24.3 Å². The van der Waals surface area contributed by atoms with Crippen molar-refractivity contribution in [1.82, 2.24) is 0 Å². The van der Waals surface area contributed by atoms with Crippen LogP contribution in [0.5, 0.6) is 0 Å². The van der Waals surface area contributed by atoms with Gasteiger partial charge in [-0.2, -0.15) is 0 Å². The Morgan fingerprint density at radius 3 is 2.41 bits per heavy atom. The number of benzene rings is 2. The molecule has 0 atom stereocenters. The first-order valence-electron chi connectivity index (χ1n) is 4.87. The second-order valence-corrected chi connectivity index (χ2v) is 3.89. The van der Waals surface area contributed by atoms with Gasteiger partial charge >= 0.3 is 5.97 Å². The van der Waals surface area contributed by atoms with Crippen LogP contribution in [0.25, 0.3) is 11.1 Å². The van der Waals surface area contributed by atoms with Crippen molar-refractivity contribution < 1.29 is 14.3 Å². The van der Waals surface area contributed by atoms with Gasteiger partial charge in [-0.05, 0) is 17.7 Å². The minimum atomic E-state index is -1.24. The average Bonchev–Trinajstić information content (AvgIpc) is 2.32.